The Morgan fingerprint density at radius 2 is 1.78 bits per heavy atom. The lowest BCUT2D eigenvalue weighted by atomic mass is 9.94. The van der Waals surface area contributed by atoms with Gasteiger partial charge in [-0.25, -0.2) is 0 Å². The summed E-state index contributed by atoms with van der Waals surface area (Å²) in [6.07, 6.45) is 8.67. The second-order valence-electron chi connectivity index (χ2n) is 6.93. The number of likely N-dealkylation sites (tertiary alicyclic amines) is 1. The first-order valence-corrected chi connectivity index (χ1v) is 8.11. The van der Waals surface area contributed by atoms with E-state index in [-0.39, 0.29) is 0 Å². The lowest BCUT2D eigenvalue weighted by Gasteiger charge is -2.39. The molecule has 0 aromatic carbocycles. The van der Waals surface area contributed by atoms with E-state index in [9.17, 15) is 0 Å². The Morgan fingerprint density at radius 3 is 2.72 bits per heavy atom. The highest BCUT2D eigenvalue weighted by Gasteiger charge is 2.40. The zero-order chi connectivity index (χ0) is 11.9. The van der Waals surface area contributed by atoms with Gasteiger partial charge in [0.15, 0.2) is 0 Å². The van der Waals surface area contributed by atoms with Crippen molar-refractivity contribution in [3.63, 3.8) is 0 Å². The van der Waals surface area contributed by atoms with Crippen molar-refractivity contribution in [1.82, 2.24) is 15.1 Å². The van der Waals surface area contributed by atoms with Gasteiger partial charge in [0.05, 0.1) is 0 Å². The minimum Gasteiger partial charge on any atom is -0.312 e. The molecular formula is C15H27N3. The lowest BCUT2D eigenvalue weighted by Crippen LogP contribution is -2.47. The fourth-order valence-electron chi connectivity index (χ4n) is 4.91. The Hall–Kier alpha value is -0.120. The van der Waals surface area contributed by atoms with Crippen LogP contribution in [0.1, 0.15) is 38.5 Å². The molecule has 4 saturated heterocycles. The summed E-state index contributed by atoms with van der Waals surface area (Å²) in [5.41, 5.74) is 0. The SMILES string of the molecule is C1CN[C@@H]2CN(C3CCN4CCCC4C3)C[C@@H]2C1. The summed E-state index contributed by atoms with van der Waals surface area (Å²) in [5, 5.41) is 3.74. The third kappa shape index (κ3) is 2.00. The second kappa shape index (κ2) is 4.77. The van der Waals surface area contributed by atoms with Crippen LogP contribution in [0, 0.1) is 5.92 Å². The van der Waals surface area contributed by atoms with Crippen LogP contribution in [-0.2, 0) is 0 Å². The van der Waals surface area contributed by atoms with Crippen LogP contribution in [-0.4, -0.2) is 60.6 Å². The van der Waals surface area contributed by atoms with E-state index in [1.165, 1.54) is 71.2 Å². The van der Waals surface area contributed by atoms with Gasteiger partial charge >= 0.3 is 0 Å². The summed E-state index contributed by atoms with van der Waals surface area (Å²) in [6.45, 7) is 6.73. The van der Waals surface area contributed by atoms with Gasteiger partial charge in [-0.05, 0) is 64.1 Å². The summed E-state index contributed by atoms with van der Waals surface area (Å²) >= 11 is 0. The third-order valence-corrected chi connectivity index (χ3v) is 5.94. The second-order valence-corrected chi connectivity index (χ2v) is 6.93. The van der Waals surface area contributed by atoms with E-state index in [1.54, 1.807) is 0 Å². The maximum absolute atomic E-state index is 3.74. The van der Waals surface area contributed by atoms with Crippen molar-refractivity contribution in [2.24, 2.45) is 5.92 Å². The van der Waals surface area contributed by atoms with E-state index >= 15 is 0 Å². The molecule has 18 heavy (non-hydrogen) atoms. The van der Waals surface area contributed by atoms with Crippen molar-refractivity contribution >= 4 is 0 Å². The Bertz CT molecular complexity index is 292. The molecule has 3 nitrogen and oxygen atoms in total. The fourth-order valence-corrected chi connectivity index (χ4v) is 4.91. The molecule has 0 amide bonds. The minimum atomic E-state index is 0.820. The van der Waals surface area contributed by atoms with E-state index in [2.05, 4.69) is 15.1 Å². The molecule has 4 aliphatic rings. The molecule has 102 valence electrons. The predicted molar refractivity (Wildman–Crippen MR) is 73.7 cm³/mol. The Balaban J connectivity index is 1.39. The molecule has 4 heterocycles. The molecule has 2 unspecified atom stereocenters. The maximum atomic E-state index is 3.74. The van der Waals surface area contributed by atoms with Crippen LogP contribution in [0.4, 0.5) is 0 Å². The Labute approximate surface area is 111 Å². The van der Waals surface area contributed by atoms with Crippen molar-refractivity contribution in [3.05, 3.63) is 0 Å². The van der Waals surface area contributed by atoms with Gasteiger partial charge in [-0.15, -0.1) is 0 Å². The first-order chi connectivity index (χ1) is 8.90. The summed E-state index contributed by atoms with van der Waals surface area (Å²) in [5.74, 6) is 0.959. The average molecular weight is 249 g/mol. The van der Waals surface area contributed by atoms with Gasteiger partial charge in [-0.3, -0.25) is 4.90 Å². The van der Waals surface area contributed by atoms with Gasteiger partial charge in [0, 0.05) is 31.2 Å². The highest BCUT2D eigenvalue weighted by Crippen LogP contribution is 2.33. The zero-order valence-electron chi connectivity index (χ0n) is 11.5. The summed E-state index contributed by atoms with van der Waals surface area (Å²) in [7, 11) is 0. The smallest absolute Gasteiger partial charge is 0.0235 e. The van der Waals surface area contributed by atoms with Crippen molar-refractivity contribution in [3.8, 4) is 0 Å². The highest BCUT2D eigenvalue weighted by atomic mass is 15.3. The number of hydrogen-bond donors (Lipinski definition) is 1. The van der Waals surface area contributed by atoms with Gasteiger partial charge in [0.2, 0.25) is 0 Å². The zero-order valence-corrected chi connectivity index (χ0v) is 11.5. The van der Waals surface area contributed by atoms with E-state index in [4.69, 9.17) is 0 Å². The molecule has 4 atom stereocenters. The monoisotopic (exact) mass is 249 g/mol. The molecular weight excluding hydrogens is 222 g/mol. The van der Waals surface area contributed by atoms with E-state index in [1.807, 2.05) is 0 Å². The number of hydrogen-bond acceptors (Lipinski definition) is 3. The minimum absolute atomic E-state index is 0.820. The number of nitrogens with zero attached hydrogens (tertiary/aromatic N) is 2. The van der Waals surface area contributed by atoms with Crippen LogP contribution < -0.4 is 5.32 Å². The number of nitrogens with one attached hydrogen (secondary N) is 1. The maximum Gasteiger partial charge on any atom is 0.0235 e. The summed E-state index contributed by atoms with van der Waals surface area (Å²) in [4.78, 5) is 5.58. The molecule has 0 aromatic heterocycles. The van der Waals surface area contributed by atoms with Crippen LogP contribution >= 0.6 is 0 Å². The van der Waals surface area contributed by atoms with Crippen LogP contribution in [0.2, 0.25) is 0 Å². The van der Waals surface area contributed by atoms with E-state index in [0.717, 1.165) is 24.0 Å². The molecule has 0 bridgehead atoms. The van der Waals surface area contributed by atoms with Crippen LogP contribution in [0.5, 0.6) is 0 Å². The van der Waals surface area contributed by atoms with Gasteiger partial charge in [0.25, 0.3) is 0 Å². The lowest BCUT2D eigenvalue weighted by molar-refractivity contribution is 0.100. The van der Waals surface area contributed by atoms with Crippen molar-refractivity contribution in [2.45, 2.75) is 56.7 Å². The highest BCUT2D eigenvalue weighted by molar-refractivity contribution is 4.97. The molecule has 3 heteroatoms. The fraction of sp³-hybridized carbons (Fsp3) is 1.00. The Morgan fingerprint density at radius 1 is 0.833 bits per heavy atom. The number of piperidine rings is 2. The van der Waals surface area contributed by atoms with Crippen LogP contribution in [0.25, 0.3) is 0 Å². The first kappa shape index (κ1) is 11.7. The Kier molecular flexibility index (Phi) is 3.10. The first-order valence-electron chi connectivity index (χ1n) is 8.11. The van der Waals surface area contributed by atoms with Gasteiger partial charge in [-0.1, -0.05) is 0 Å². The third-order valence-electron chi connectivity index (χ3n) is 5.94. The molecule has 0 aliphatic carbocycles. The van der Waals surface area contributed by atoms with Crippen LogP contribution in [0.3, 0.4) is 0 Å². The van der Waals surface area contributed by atoms with Gasteiger partial charge in [0.1, 0.15) is 0 Å². The standard InChI is InChI=1S/C15H27N3/c1-3-12-10-18(11-15(12)16-6-1)14-5-8-17-7-2-4-13(17)9-14/h12-16H,1-11H2/t12-,13?,14?,15+/m0/s1. The normalized spacial score (nSPS) is 46.0. The van der Waals surface area contributed by atoms with Gasteiger partial charge < -0.3 is 10.2 Å². The molecule has 0 radical (unpaired) electrons. The average Bonchev–Trinajstić information content (AvgIpc) is 3.04. The van der Waals surface area contributed by atoms with Crippen LogP contribution in [0.15, 0.2) is 0 Å². The van der Waals surface area contributed by atoms with Crippen molar-refractivity contribution < 1.29 is 0 Å². The molecule has 4 rings (SSSR count). The summed E-state index contributed by atoms with van der Waals surface area (Å²) in [6, 6.07) is 2.65. The molecule has 0 saturated carbocycles. The topological polar surface area (TPSA) is 18.5 Å². The molecule has 0 aromatic rings. The van der Waals surface area contributed by atoms with E-state index in [0.29, 0.717) is 0 Å². The quantitative estimate of drug-likeness (QED) is 0.755. The number of rotatable bonds is 1. The van der Waals surface area contributed by atoms with Gasteiger partial charge in [-0.2, -0.15) is 0 Å². The summed E-state index contributed by atoms with van der Waals surface area (Å²) < 4.78 is 0. The molecule has 4 aliphatic heterocycles. The van der Waals surface area contributed by atoms with E-state index < -0.39 is 0 Å². The van der Waals surface area contributed by atoms with Crippen molar-refractivity contribution in [2.75, 3.05) is 32.7 Å². The molecule has 4 fully saturated rings. The predicted octanol–water partition coefficient (Wildman–Crippen LogP) is 1.30. The number of fused-ring (bicyclic) bond motifs is 2. The largest absolute Gasteiger partial charge is 0.312 e. The molecule has 0 spiro atoms. The molecule has 1 N–H and O–H groups in total. The van der Waals surface area contributed by atoms with Crippen molar-refractivity contribution in [1.29, 1.82) is 0 Å².